The van der Waals surface area contributed by atoms with Crippen molar-refractivity contribution in [1.82, 2.24) is 10.2 Å². The van der Waals surface area contributed by atoms with E-state index < -0.39 is 21.7 Å². The molecule has 2 unspecified atom stereocenters. The van der Waals surface area contributed by atoms with Gasteiger partial charge in [-0.3, -0.25) is 4.90 Å². The van der Waals surface area contributed by atoms with E-state index in [1.54, 1.807) is 0 Å². The third-order valence-electron chi connectivity index (χ3n) is 2.05. The van der Waals surface area contributed by atoms with Gasteiger partial charge in [-0.1, -0.05) is 0 Å². The molecule has 0 bridgehead atoms. The molecule has 2 atom stereocenters. The van der Waals surface area contributed by atoms with Crippen molar-refractivity contribution < 1.29 is 47.6 Å². The van der Waals surface area contributed by atoms with Crippen molar-refractivity contribution in [3.8, 4) is 0 Å². The topological polar surface area (TPSA) is 92.7 Å². The molecule has 6 nitrogen and oxygen atoms in total. The van der Waals surface area contributed by atoms with Gasteiger partial charge in [0.05, 0.1) is 0 Å². The number of aliphatic hydroxyl groups excluding tert-OH is 1. The normalized spacial score (nSPS) is 26.6. The van der Waals surface area contributed by atoms with Crippen LogP contribution in [0.15, 0.2) is 0 Å². The summed E-state index contributed by atoms with van der Waals surface area (Å²) in [5.41, 5.74) is 0. The average molecular weight is 232 g/mol. The molecule has 1 rings (SSSR count). The molecule has 0 saturated carbocycles. The van der Waals surface area contributed by atoms with E-state index in [0.29, 0.717) is 13.1 Å². The molecular weight excluding hydrogens is 219 g/mol. The van der Waals surface area contributed by atoms with Crippen LogP contribution in [0.2, 0.25) is 0 Å². The van der Waals surface area contributed by atoms with Crippen LogP contribution in [-0.4, -0.2) is 54.2 Å². The summed E-state index contributed by atoms with van der Waals surface area (Å²) in [6.07, 6.45) is -0.907. The molecule has 2 N–H and O–H groups in total. The SMILES string of the molecule is CC(O)N1CCNCC1S(=O)(=O)[O-].[Na+]. The summed E-state index contributed by atoms with van der Waals surface area (Å²) in [4.78, 5) is 1.28. The van der Waals surface area contributed by atoms with Gasteiger partial charge in [0.2, 0.25) is 0 Å². The predicted octanol–water partition coefficient (Wildman–Crippen LogP) is -4.89. The van der Waals surface area contributed by atoms with Crippen molar-refractivity contribution in [2.75, 3.05) is 19.6 Å². The summed E-state index contributed by atoms with van der Waals surface area (Å²) in [7, 11) is -4.37. The van der Waals surface area contributed by atoms with Gasteiger partial charge in [-0.25, -0.2) is 8.42 Å². The Morgan fingerprint density at radius 3 is 2.57 bits per heavy atom. The Hall–Kier alpha value is 0.790. The second-order valence-corrected chi connectivity index (χ2v) is 4.55. The van der Waals surface area contributed by atoms with Gasteiger partial charge in [0, 0.05) is 19.6 Å². The predicted molar refractivity (Wildman–Crippen MR) is 44.7 cm³/mol. The zero-order valence-corrected chi connectivity index (χ0v) is 11.1. The largest absolute Gasteiger partial charge is 1.00 e. The van der Waals surface area contributed by atoms with Crippen molar-refractivity contribution in [3.63, 3.8) is 0 Å². The molecule has 0 aromatic rings. The van der Waals surface area contributed by atoms with E-state index in [1.165, 1.54) is 11.8 Å². The number of piperazine rings is 1. The Bertz CT molecular complexity index is 269. The first-order valence-electron chi connectivity index (χ1n) is 4.02. The van der Waals surface area contributed by atoms with Crippen molar-refractivity contribution in [3.05, 3.63) is 0 Å². The zero-order valence-electron chi connectivity index (χ0n) is 8.30. The fourth-order valence-corrected chi connectivity index (χ4v) is 2.33. The minimum atomic E-state index is -4.37. The van der Waals surface area contributed by atoms with Gasteiger partial charge in [0.1, 0.15) is 21.7 Å². The number of hydrogen-bond acceptors (Lipinski definition) is 6. The maximum atomic E-state index is 10.8. The Morgan fingerprint density at radius 2 is 2.21 bits per heavy atom. The number of hydrogen-bond donors (Lipinski definition) is 2. The van der Waals surface area contributed by atoms with Crippen molar-refractivity contribution in [2.24, 2.45) is 0 Å². The monoisotopic (exact) mass is 232 g/mol. The first-order valence-corrected chi connectivity index (χ1v) is 5.49. The first-order chi connectivity index (χ1) is 5.93. The van der Waals surface area contributed by atoms with Gasteiger partial charge in [-0.15, -0.1) is 0 Å². The molecule has 0 aromatic carbocycles. The third-order valence-corrected chi connectivity index (χ3v) is 3.15. The molecule has 1 saturated heterocycles. The Kier molecular flexibility index (Phi) is 6.08. The van der Waals surface area contributed by atoms with Crippen LogP contribution in [0.5, 0.6) is 0 Å². The van der Waals surface area contributed by atoms with Crippen molar-refractivity contribution in [2.45, 2.75) is 18.5 Å². The minimum Gasteiger partial charge on any atom is -0.747 e. The van der Waals surface area contributed by atoms with Crippen LogP contribution >= 0.6 is 0 Å². The second-order valence-electron chi connectivity index (χ2n) is 3.02. The van der Waals surface area contributed by atoms with Crippen LogP contribution in [0.4, 0.5) is 0 Å². The first kappa shape index (κ1) is 14.8. The minimum absolute atomic E-state index is 0. The number of nitrogens with one attached hydrogen (secondary N) is 1. The molecule has 14 heavy (non-hydrogen) atoms. The van der Waals surface area contributed by atoms with E-state index in [9.17, 15) is 18.1 Å². The molecule has 1 heterocycles. The third kappa shape index (κ3) is 3.74. The van der Waals surface area contributed by atoms with Gasteiger partial charge in [0.15, 0.2) is 0 Å². The molecule has 0 aromatic heterocycles. The molecule has 0 radical (unpaired) electrons. The summed E-state index contributed by atoms with van der Waals surface area (Å²) in [6.45, 7) is 2.47. The van der Waals surface area contributed by atoms with E-state index in [1.807, 2.05) is 0 Å². The van der Waals surface area contributed by atoms with Gasteiger partial charge in [-0.05, 0) is 6.92 Å². The van der Waals surface area contributed by atoms with Gasteiger partial charge < -0.3 is 15.0 Å². The van der Waals surface area contributed by atoms with Crippen LogP contribution in [-0.2, 0) is 10.1 Å². The molecule has 8 heteroatoms. The standard InChI is InChI=1S/C6H14N2O4S.Na/c1-5(9)8-3-2-7-4-6(8)13(10,11)12;/h5-7,9H,2-4H2,1H3,(H,10,11,12);/q;+1/p-1. The number of rotatable bonds is 2. The number of aliphatic hydroxyl groups is 1. The smallest absolute Gasteiger partial charge is 0.747 e. The van der Waals surface area contributed by atoms with E-state index in [4.69, 9.17) is 0 Å². The van der Waals surface area contributed by atoms with E-state index in [0.717, 1.165) is 0 Å². The second kappa shape index (κ2) is 5.76. The summed E-state index contributed by atoms with van der Waals surface area (Å²) in [5, 5.41) is 10.8. The van der Waals surface area contributed by atoms with Crippen LogP contribution in [0, 0.1) is 0 Å². The fourth-order valence-electron chi connectivity index (χ4n) is 1.39. The Balaban J connectivity index is 0.00000169. The van der Waals surface area contributed by atoms with E-state index in [2.05, 4.69) is 5.32 Å². The summed E-state index contributed by atoms with van der Waals surface area (Å²) < 4.78 is 32.3. The van der Waals surface area contributed by atoms with Crippen molar-refractivity contribution in [1.29, 1.82) is 0 Å². The Morgan fingerprint density at radius 1 is 1.64 bits per heavy atom. The van der Waals surface area contributed by atoms with Crippen molar-refractivity contribution >= 4 is 10.1 Å². The maximum Gasteiger partial charge on any atom is 1.00 e. The average Bonchev–Trinajstić information content (AvgIpc) is 2.03. The molecule has 78 valence electrons. The molecule has 0 aliphatic carbocycles. The van der Waals surface area contributed by atoms with Gasteiger partial charge >= 0.3 is 29.6 Å². The van der Waals surface area contributed by atoms with Gasteiger partial charge in [-0.2, -0.15) is 0 Å². The number of nitrogens with zero attached hydrogens (tertiary/aromatic N) is 1. The summed E-state index contributed by atoms with van der Waals surface area (Å²) in [6, 6.07) is 0. The van der Waals surface area contributed by atoms with E-state index >= 15 is 0 Å². The van der Waals surface area contributed by atoms with E-state index in [-0.39, 0.29) is 36.1 Å². The van der Waals surface area contributed by atoms with Crippen LogP contribution in [0.25, 0.3) is 0 Å². The van der Waals surface area contributed by atoms with Crippen LogP contribution < -0.4 is 34.9 Å². The molecular formula is C6H13N2NaO4S. The molecule has 0 spiro atoms. The molecule has 1 fully saturated rings. The van der Waals surface area contributed by atoms with Crippen LogP contribution in [0.3, 0.4) is 0 Å². The fraction of sp³-hybridized carbons (Fsp3) is 1.00. The molecule has 1 aliphatic rings. The Labute approximate surface area is 106 Å². The molecule has 1 aliphatic heterocycles. The summed E-state index contributed by atoms with van der Waals surface area (Å²) >= 11 is 0. The molecule has 0 amide bonds. The summed E-state index contributed by atoms with van der Waals surface area (Å²) in [5.74, 6) is 0. The maximum absolute atomic E-state index is 10.8. The van der Waals surface area contributed by atoms with Gasteiger partial charge in [0.25, 0.3) is 0 Å². The quantitative estimate of drug-likeness (QED) is 0.366. The van der Waals surface area contributed by atoms with Crippen LogP contribution in [0.1, 0.15) is 6.92 Å². The zero-order chi connectivity index (χ0) is 10.1.